The molecule has 25 heavy (non-hydrogen) atoms. The van der Waals surface area contributed by atoms with Crippen LogP contribution in [0.3, 0.4) is 0 Å². The van der Waals surface area contributed by atoms with Crippen molar-refractivity contribution in [3.8, 4) is 0 Å². The number of rotatable bonds is 3. The molecule has 2 heterocycles. The van der Waals surface area contributed by atoms with Gasteiger partial charge in [-0.25, -0.2) is 0 Å². The SMILES string of the molecule is CSc1ccc(NC(=O)c2ccc3c(c2)NC(=O)C2CCCN32)cc1. The molecular formula is C19H19N3O2S. The number of nitrogens with zero attached hydrogens (tertiary/aromatic N) is 1. The molecule has 2 N–H and O–H groups in total. The molecule has 0 aromatic heterocycles. The van der Waals surface area contributed by atoms with Crippen LogP contribution in [0.4, 0.5) is 17.1 Å². The number of hydrogen-bond acceptors (Lipinski definition) is 4. The Morgan fingerprint density at radius 1 is 1.24 bits per heavy atom. The van der Waals surface area contributed by atoms with Crippen molar-refractivity contribution in [3.63, 3.8) is 0 Å². The van der Waals surface area contributed by atoms with Gasteiger partial charge in [-0.3, -0.25) is 9.59 Å². The molecule has 6 heteroatoms. The second-order valence-electron chi connectivity index (χ2n) is 6.26. The lowest BCUT2D eigenvalue weighted by atomic mass is 10.1. The van der Waals surface area contributed by atoms with Crippen LogP contribution in [0.25, 0.3) is 0 Å². The molecule has 4 rings (SSSR count). The normalized spacial score (nSPS) is 18.4. The number of fused-ring (bicyclic) bond motifs is 3. The Hall–Kier alpha value is -2.47. The van der Waals surface area contributed by atoms with Crippen LogP contribution in [-0.4, -0.2) is 30.7 Å². The lowest BCUT2D eigenvalue weighted by molar-refractivity contribution is -0.117. The molecule has 0 radical (unpaired) electrons. The molecule has 1 atom stereocenters. The standard InChI is InChI=1S/C19H19N3O2S/c1-25-14-7-5-13(6-8-14)20-18(23)12-4-9-16-15(11-12)21-19(24)17-3-2-10-22(16)17/h4-9,11,17H,2-3,10H2,1H3,(H,20,23)(H,21,24). The van der Waals surface area contributed by atoms with Gasteiger partial charge in [-0.2, -0.15) is 0 Å². The van der Waals surface area contributed by atoms with Gasteiger partial charge in [-0.15, -0.1) is 11.8 Å². The van der Waals surface area contributed by atoms with Crippen molar-refractivity contribution >= 4 is 40.6 Å². The average molecular weight is 353 g/mol. The Morgan fingerprint density at radius 3 is 2.80 bits per heavy atom. The van der Waals surface area contributed by atoms with Gasteiger partial charge in [0.2, 0.25) is 5.91 Å². The number of thioether (sulfide) groups is 1. The third kappa shape index (κ3) is 2.98. The first kappa shape index (κ1) is 16.0. The Kier molecular flexibility index (Phi) is 4.13. The minimum atomic E-state index is -0.183. The van der Waals surface area contributed by atoms with Crippen molar-refractivity contribution < 1.29 is 9.59 Å². The van der Waals surface area contributed by atoms with Crippen molar-refractivity contribution in [2.24, 2.45) is 0 Å². The molecule has 2 aromatic rings. The molecule has 128 valence electrons. The second-order valence-corrected chi connectivity index (χ2v) is 7.13. The first-order chi connectivity index (χ1) is 12.2. The lowest BCUT2D eigenvalue weighted by Crippen LogP contribution is -2.43. The number of carbonyl (C=O) groups excluding carboxylic acids is 2. The van der Waals surface area contributed by atoms with Gasteiger partial charge in [-0.05, 0) is 61.6 Å². The van der Waals surface area contributed by atoms with Crippen LogP contribution in [0.1, 0.15) is 23.2 Å². The van der Waals surface area contributed by atoms with Crippen molar-refractivity contribution in [2.45, 2.75) is 23.8 Å². The van der Waals surface area contributed by atoms with E-state index in [-0.39, 0.29) is 17.9 Å². The third-order valence-corrected chi connectivity index (χ3v) is 5.47. The van der Waals surface area contributed by atoms with Crippen molar-refractivity contribution in [1.29, 1.82) is 0 Å². The molecule has 1 fully saturated rings. The highest BCUT2D eigenvalue weighted by atomic mass is 32.2. The monoisotopic (exact) mass is 353 g/mol. The van der Waals surface area contributed by atoms with E-state index in [1.165, 1.54) is 0 Å². The van der Waals surface area contributed by atoms with E-state index in [1.54, 1.807) is 17.8 Å². The quantitative estimate of drug-likeness (QED) is 0.828. The van der Waals surface area contributed by atoms with Gasteiger partial charge in [-0.1, -0.05) is 0 Å². The van der Waals surface area contributed by atoms with Crippen LogP contribution in [0.15, 0.2) is 47.4 Å². The number of anilines is 3. The molecule has 0 aliphatic carbocycles. The Bertz CT molecular complexity index is 835. The molecular weight excluding hydrogens is 334 g/mol. The van der Waals surface area contributed by atoms with Crippen LogP contribution < -0.4 is 15.5 Å². The van der Waals surface area contributed by atoms with Gasteiger partial charge in [0.1, 0.15) is 6.04 Å². The molecule has 0 saturated carbocycles. The first-order valence-corrected chi connectivity index (χ1v) is 9.55. The Morgan fingerprint density at radius 2 is 2.04 bits per heavy atom. The van der Waals surface area contributed by atoms with Crippen molar-refractivity contribution in [3.05, 3.63) is 48.0 Å². The molecule has 0 bridgehead atoms. The summed E-state index contributed by atoms with van der Waals surface area (Å²) < 4.78 is 0. The van der Waals surface area contributed by atoms with Crippen LogP contribution in [0, 0.1) is 0 Å². The van der Waals surface area contributed by atoms with E-state index in [9.17, 15) is 9.59 Å². The molecule has 2 aromatic carbocycles. The molecule has 1 saturated heterocycles. The van der Waals surface area contributed by atoms with Crippen LogP contribution in [0.2, 0.25) is 0 Å². The number of carbonyl (C=O) groups is 2. The molecule has 0 spiro atoms. The van der Waals surface area contributed by atoms with E-state index in [0.29, 0.717) is 11.3 Å². The highest BCUT2D eigenvalue weighted by Gasteiger charge is 2.36. The van der Waals surface area contributed by atoms with Gasteiger partial charge >= 0.3 is 0 Å². The minimum Gasteiger partial charge on any atom is -0.358 e. The first-order valence-electron chi connectivity index (χ1n) is 8.32. The Balaban J connectivity index is 1.56. The average Bonchev–Trinajstić information content (AvgIpc) is 3.12. The summed E-state index contributed by atoms with van der Waals surface area (Å²) in [5.74, 6) is -0.160. The van der Waals surface area contributed by atoms with Crippen LogP contribution in [0.5, 0.6) is 0 Å². The zero-order valence-electron chi connectivity index (χ0n) is 13.9. The summed E-state index contributed by atoms with van der Waals surface area (Å²) in [5.41, 5.74) is 3.01. The second kappa shape index (κ2) is 6.44. The van der Waals surface area contributed by atoms with E-state index >= 15 is 0 Å². The maximum Gasteiger partial charge on any atom is 0.255 e. The van der Waals surface area contributed by atoms with E-state index in [2.05, 4.69) is 15.5 Å². The smallest absolute Gasteiger partial charge is 0.255 e. The fourth-order valence-electron chi connectivity index (χ4n) is 3.45. The topological polar surface area (TPSA) is 61.4 Å². The zero-order valence-corrected chi connectivity index (χ0v) is 14.7. The summed E-state index contributed by atoms with van der Waals surface area (Å²) >= 11 is 1.66. The fraction of sp³-hybridized carbons (Fsp3) is 0.263. The summed E-state index contributed by atoms with van der Waals surface area (Å²) in [6.45, 7) is 0.887. The zero-order chi connectivity index (χ0) is 17.4. The van der Waals surface area contributed by atoms with Crippen LogP contribution in [-0.2, 0) is 4.79 Å². The van der Waals surface area contributed by atoms with E-state index in [1.807, 2.05) is 42.7 Å². The van der Waals surface area contributed by atoms with E-state index in [0.717, 1.165) is 35.7 Å². The Labute approximate surface area is 150 Å². The number of benzene rings is 2. The lowest BCUT2D eigenvalue weighted by Gasteiger charge is -2.33. The number of amides is 2. The minimum absolute atomic E-state index is 0.0233. The third-order valence-electron chi connectivity index (χ3n) is 4.73. The summed E-state index contributed by atoms with van der Waals surface area (Å²) in [6, 6.07) is 13.2. The van der Waals surface area contributed by atoms with E-state index in [4.69, 9.17) is 0 Å². The number of hydrogen-bond donors (Lipinski definition) is 2. The molecule has 1 unspecified atom stereocenters. The summed E-state index contributed by atoms with van der Waals surface area (Å²) in [6.07, 6.45) is 3.92. The van der Waals surface area contributed by atoms with Gasteiger partial charge < -0.3 is 15.5 Å². The molecule has 2 amide bonds. The molecule has 5 nitrogen and oxygen atoms in total. The maximum atomic E-state index is 12.5. The van der Waals surface area contributed by atoms with Gasteiger partial charge in [0, 0.05) is 22.7 Å². The number of nitrogens with one attached hydrogen (secondary N) is 2. The predicted octanol–water partition coefficient (Wildman–Crippen LogP) is 3.58. The summed E-state index contributed by atoms with van der Waals surface area (Å²) in [7, 11) is 0. The van der Waals surface area contributed by atoms with E-state index < -0.39 is 0 Å². The van der Waals surface area contributed by atoms with Crippen molar-refractivity contribution in [2.75, 3.05) is 28.3 Å². The van der Waals surface area contributed by atoms with Gasteiger partial charge in [0.05, 0.1) is 11.4 Å². The van der Waals surface area contributed by atoms with Crippen LogP contribution >= 0.6 is 11.8 Å². The fourth-order valence-corrected chi connectivity index (χ4v) is 3.86. The summed E-state index contributed by atoms with van der Waals surface area (Å²) in [4.78, 5) is 28.0. The van der Waals surface area contributed by atoms with Crippen molar-refractivity contribution in [1.82, 2.24) is 0 Å². The maximum absolute atomic E-state index is 12.5. The summed E-state index contributed by atoms with van der Waals surface area (Å²) in [5, 5.41) is 5.84. The highest BCUT2D eigenvalue weighted by Crippen LogP contribution is 2.37. The molecule has 2 aliphatic heterocycles. The largest absolute Gasteiger partial charge is 0.358 e. The van der Waals surface area contributed by atoms with Gasteiger partial charge in [0.15, 0.2) is 0 Å². The van der Waals surface area contributed by atoms with Gasteiger partial charge in [0.25, 0.3) is 5.91 Å². The molecule has 2 aliphatic rings. The highest BCUT2D eigenvalue weighted by molar-refractivity contribution is 7.98. The predicted molar refractivity (Wildman–Crippen MR) is 102 cm³/mol.